The van der Waals surface area contributed by atoms with Gasteiger partial charge in [0.15, 0.2) is 5.78 Å². The van der Waals surface area contributed by atoms with Gasteiger partial charge in [-0.3, -0.25) is 9.69 Å². The van der Waals surface area contributed by atoms with Crippen molar-refractivity contribution in [3.05, 3.63) is 29.8 Å². The van der Waals surface area contributed by atoms with Gasteiger partial charge in [0.2, 0.25) is 0 Å². The highest BCUT2D eigenvalue weighted by molar-refractivity contribution is 5.99. The van der Waals surface area contributed by atoms with Crippen LogP contribution >= 0.6 is 0 Å². The third kappa shape index (κ3) is 4.06. The van der Waals surface area contributed by atoms with Crippen molar-refractivity contribution >= 4 is 5.78 Å². The normalized spacial score (nSPS) is 14.2. The van der Waals surface area contributed by atoms with Gasteiger partial charge in [-0.05, 0) is 51.6 Å². The molecule has 2 unspecified atom stereocenters. The van der Waals surface area contributed by atoms with E-state index >= 15 is 0 Å². The topological polar surface area (TPSA) is 29.5 Å². The molecule has 2 atom stereocenters. The minimum absolute atomic E-state index is 0.102. The number of benzene rings is 1. The molecule has 0 saturated heterocycles. The molecule has 0 fully saturated rings. The zero-order valence-corrected chi connectivity index (χ0v) is 12.6. The molecule has 0 spiro atoms. The second-order valence-electron chi connectivity index (χ2n) is 5.07. The maximum absolute atomic E-state index is 12.4. The molecule has 3 nitrogen and oxygen atoms in total. The first kappa shape index (κ1) is 15.7. The number of rotatable bonds is 7. The van der Waals surface area contributed by atoms with Gasteiger partial charge in [-0.2, -0.15) is 0 Å². The third-order valence-corrected chi connectivity index (χ3v) is 3.77. The quantitative estimate of drug-likeness (QED) is 0.706. The van der Waals surface area contributed by atoms with E-state index in [0.717, 1.165) is 24.2 Å². The van der Waals surface area contributed by atoms with Crippen molar-refractivity contribution in [2.24, 2.45) is 0 Å². The van der Waals surface area contributed by atoms with Crippen LogP contribution in [0.3, 0.4) is 0 Å². The van der Waals surface area contributed by atoms with E-state index in [1.165, 1.54) is 0 Å². The Bertz CT molecular complexity index is 400. The predicted molar refractivity (Wildman–Crippen MR) is 78.9 cm³/mol. The molecule has 106 valence electrons. The lowest BCUT2D eigenvalue weighted by Crippen LogP contribution is -2.41. The molecule has 0 aromatic heterocycles. The second kappa shape index (κ2) is 7.29. The van der Waals surface area contributed by atoms with Crippen LogP contribution in [0, 0.1) is 0 Å². The van der Waals surface area contributed by atoms with Crippen LogP contribution in [-0.4, -0.2) is 36.9 Å². The lowest BCUT2D eigenvalue weighted by Gasteiger charge is -2.29. The van der Waals surface area contributed by atoms with Crippen LogP contribution in [0.2, 0.25) is 0 Å². The molecule has 1 rings (SSSR count). The van der Waals surface area contributed by atoms with Crippen LogP contribution in [-0.2, 0) is 0 Å². The van der Waals surface area contributed by atoms with Crippen LogP contribution in [0.4, 0.5) is 0 Å². The van der Waals surface area contributed by atoms with Crippen molar-refractivity contribution in [3.63, 3.8) is 0 Å². The number of carbonyl (C=O) groups excluding carboxylic acids is 1. The van der Waals surface area contributed by atoms with Crippen molar-refractivity contribution in [2.75, 3.05) is 14.2 Å². The van der Waals surface area contributed by atoms with Crippen molar-refractivity contribution in [2.45, 2.75) is 45.7 Å². The van der Waals surface area contributed by atoms with Gasteiger partial charge in [-0.1, -0.05) is 13.3 Å². The maximum Gasteiger partial charge on any atom is 0.179 e. The van der Waals surface area contributed by atoms with E-state index in [4.69, 9.17) is 4.74 Å². The number of hydrogen-bond acceptors (Lipinski definition) is 3. The summed E-state index contributed by atoms with van der Waals surface area (Å²) in [5, 5.41) is 0. The van der Waals surface area contributed by atoms with Crippen LogP contribution in [0.15, 0.2) is 24.3 Å². The smallest absolute Gasteiger partial charge is 0.179 e. The van der Waals surface area contributed by atoms with Gasteiger partial charge in [-0.15, -0.1) is 0 Å². The summed E-state index contributed by atoms with van der Waals surface area (Å²) < 4.78 is 5.11. The lowest BCUT2D eigenvalue weighted by atomic mass is 10.0. The standard InChI is InChI=1S/C16H25NO2/c1-6-7-12(2)17(4)13(3)16(18)14-8-10-15(19-5)11-9-14/h8-13H,6-7H2,1-5H3. The largest absolute Gasteiger partial charge is 0.497 e. The first-order valence-corrected chi connectivity index (χ1v) is 6.91. The second-order valence-corrected chi connectivity index (χ2v) is 5.07. The number of ketones is 1. The molecule has 1 aromatic carbocycles. The predicted octanol–water partition coefficient (Wildman–Crippen LogP) is 3.39. The first-order chi connectivity index (χ1) is 9.01. The highest BCUT2D eigenvalue weighted by Gasteiger charge is 2.22. The number of hydrogen-bond donors (Lipinski definition) is 0. The average molecular weight is 263 g/mol. The number of nitrogens with zero attached hydrogens (tertiary/aromatic N) is 1. The molecule has 0 N–H and O–H groups in total. The molecule has 0 saturated carbocycles. The van der Waals surface area contributed by atoms with Gasteiger partial charge in [-0.25, -0.2) is 0 Å². The Morgan fingerprint density at radius 1 is 1.26 bits per heavy atom. The third-order valence-electron chi connectivity index (χ3n) is 3.77. The molecule has 3 heteroatoms. The molecule has 1 aromatic rings. The molecular weight excluding hydrogens is 238 g/mol. The van der Waals surface area contributed by atoms with Crippen molar-refractivity contribution in [1.29, 1.82) is 0 Å². The first-order valence-electron chi connectivity index (χ1n) is 6.91. The van der Waals surface area contributed by atoms with Crippen molar-refractivity contribution < 1.29 is 9.53 Å². The lowest BCUT2D eigenvalue weighted by molar-refractivity contribution is 0.0820. The van der Waals surface area contributed by atoms with Crippen LogP contribution in [0.5, 0.6) is 5.75 Å². The molecule has 0 aliphatic carbocycles. The Kier molecular flexibility index (Phi) is 6.03. The van der Waals surface area contributed by atoms with E-state index in [0.29, 0.717) is 6.04 Å². The van der Waals surface area contributed by atoms with E-state index in [1.807, 2.05) is 38.2 Å². The number of ether oxygens (including phenoxy) is 1. The fourth-order valence-corrected chi connectivity index (χ4v) is 2.18. The highest BCUT2D eigenvalue weighted by Crippen LogP contribution is 2.16. The number of Topliss-reactive ketones (excluding diaryl/α,β-unsaturated/α-hetero) is 1. The van der Waals surface area contributed by atoms with Gasteiger partial charge in [0.05, 0.1) is 13.2 Å². The molecule has 0 aliphatic heterocycles. The molecule has 0 heterocycles. The van der Waals surface area contributed by atoms with E-state index in [1.54, 1.807) is 7.11 Å². The van der Waals surface area contributed by atoms with E-state index in [-0.39, 0.29) is 11.8 Å². The van der Waals surface area contributed by atoms with Gasteiger partial charge in [0, 0.05) is 11.6 Å². The SMILES string of the molecule is CCCC(C)N(C)C(C)C(=O)c1ccc(OC)cc1. The van der Waals surface area contributed by atoms with Crippen LogP contribution in [0.1, 0.15) is 44.0 Å². The summed E-state index contributed by atoms with van der Waals surface area (Å²) in [4.78, 5) is 14.6. The number of methoxy groups -OCH3 is 1. The van der Waals surface area contributed by atoms with Gasteiger partial charge >= 0.3 is 0 Å². The molecule has 0 bridgehead atoms. The summed E-state index contributed by atoms with van der Waals surface area (Å²) in [5.74, 6) is 0.935. The molecular formula is C16H25NO2. The maximum atomic E-state index is 12.4. The van der Waals surface area contributed by atoms with Gasteiger partial charge in [0.1, 0.15) is 5.75 Å². The van der Waals surface area contributed by atoms with E-state index < -0.39 is 0 Å². The summed E-state index contributed by atoms with van der Waals surface area (Å²) in [5.41, 5.74) is 0.740. The summed E-state index contributed by atoms with van der Waals surface area (Å²) >= 11 is 0. The summed E-state index contributed by atoms with van der Waals surface area (Å²) in [7, 11) is 3.64. The van der Waals surface area contributed by atoms with Gasteiger partial charge < -0.3 is 4.74 Å². The fraction of sp³-hybridized carbons (Fsp3) is 0.562. The van der Waals surface area contributed by atoms with Crippen molar-refractivity contribution in [1.82, 2.24) is 4.90 Å². The molecule has 19 heavy (non-hydrogen) atoms. The Balaban J connectivity index is 2.74. The van der Waals surface area contributed by atoms with Crippen molar-refractivity contribution in [3.8, 4) is 5.75 Å². The monoisotopic (exact) mass is 263 g/mol. The van der Waals surface area contributed by atoms with E-state index in [9.17, 15) is 4.79 Å². The minimum atomic E-state index is -0.102. The minimum Gasteiger partial charge on any atom is -0.497 e. The van der Waals surface area contributed by atoms with Crippen LogP contribution in [0.25, 0.3) is 0 Å². The van der Waals surface area contributed by atoms with Gasteiger partial charge in [0.25, 0.3) is 0 Å². The Hall–Kier alpha value is -1.35. The van der Waals surface area contributed by atoms with E-state index in [2.05, 4.69) is 18.7 Å². The molecule has 0 amide bonds. The summed E-state index contributed by atoms with van der Waals surface area (Å²) in [6.45, 7) is 6.31. The summed E-state index contributed by atoms with van der Waals surface area (Å²) in [6, 6.07) is 7.63. The molecule has 0 aliphatic rings. The average Bonchev–Trinajstić information content (AvgIpc) is 2.45. The highest BCUT2D eigenvalue weighted by atomic mass is 16.5. The Morgan fingerprint density at radius 3 is 2.32 bits per heavy atom. The zero-order valence-electron chi connectivity index (χ0n) is 12.6. The number of likely N-dealkylation sites (N-methyl/N-ethyl adjacent to an activating group) is 1. The Morgan fingerprint density at radius 2 is 1.84 bits per heavy atom. The van der Waals surface area contributed by atoms with Crippen LogP contribution < -0.4 is 4.74 Å². The summed E-state index contributed by atoms with van der Waals surface area (Å²) in [6.07, 6.45) is 2.24. The molecule has 0 radical (unpaired) electrons. The fourth-order valence-electron chi connectivity index (χ4n) is 2.18. The zero-order chi connectivity index (χ0) is 14.4. The number of carbonyl (C=O) groups is 1. The Labute approximate surface area is 116 Å².